The molecule has 0 saturated carbocycles. The largest absolute Gasteiger partial charge is 0.497 e. The second-order valence-corrected chi connectivity index (χ2v) is 8.36. The van der Waals surface area contributed by atoms with Gasteiger partial charge in [-0.05, 0) is 68.3 Å². The predicted molar refractivity (Wildman–Crippen MR) is 125 cm³/mol. The summed E-state index contributed by atoms with van der Waals surface area (Å²) >= 11 is 1.54. The minimum Gasteiger partial charge on any atom is -0.497 e. The maximum atomic E-state index is 13.2. The molecule has 0 bridgehead atoms. The number of rotatable bonds is 7. The van der Waals surface area contributed by atoms with Crippen LogP contribution in [0.25, 0.3) is 11.3 Å². The molecule has 0 spiro atoms. The first-order valence-electron chi connectivity index (χ1n) is 10.4. The zero-order chi connectivity index (χ0) is 21.8. The summed E-state index contributed by atoms with van der Waals surface area (Å²) in [4.78, 5) is 22.1. The highest BCUT2D eigenvalue weighted by atomic mass is 32.1. The van der Waals surface area contributed by atoms with Crippen LogP contribution in [0.15, 0.2) is 53.9 Å². The molecule has 1 fully saturated rings. The molecule has 2 aromatic carbocycles. The van der Waals surface area contributed by atoms with E-state index in [1.807, 2.05) is 70.6 Å². The van der Waals surface area contributed by atoms with Crippen molar-refractivity contribution in [2.45, 2.75) is 25.8 Å². The number of anilines is 2. The summed E-state index contributed by atoms with van der Waals surface area (Å²) in [6, 6.07) is 15.2. The van der Waals surface area contributed by atoms with Crippen LogP contribution in [-0.2, 0) is 4.79 Å². The summed E-state index contributed by atoms with van der Waals surface area (Å²) < 4.78 is 10.6. The second kappa shape index (κ2) is 9.39. The molecule has 162 valence electrons. The quantitative estimate of drug-likeness (QED) is 0.522. The summed E-state index contributed by atoms with van der Waals surface area (Å²) in [6.45, 7) is 3.61. The highest BCUT2D eigenvalue weighted by Crippen LogP contribution is 2.35. The Morgan fingerprint density at radius 2 is 1.58 bits per heavy atom. The van der Waals surface area contributed by atoms with Gasteiger partial charge in [0.15, 0.2) is 5.13 Å². The summed E-state index contributed by atoms with van der Waals surface area (Å²) in [5.41, 5.74) is 2.80. The molecular weight excluding hydrogens is 410 g/mol. The third-order valence-corrected chi connectivity index (χ3v) is 6.44. The smallest absolute Gasteiger partial charge is 0.245 e. The molecule has 2 heterocycles. The van der Waals surface area contributed by atoms with Crippen molar-refractivity contribution in [3.05, 3.63) is 53.9 Å². The zero-order valence-electron chi connectivity index (χ0n) is 18.1. The first-order valence-corrected chi connectivity index (χ1v) is 11.3. The lowest BCUT2D eigenvalue weighted by molar-refractivity contribution is -0.131. The fourth-order valence-electron chi connectivity index (χ4n) is 3.82. The Labute approximate surface area is 187 Å². The molecule has 6 nitrogen and oxygen atoms in total. The number of benzene rings is 2. The van der Waals surface area contributed by atoms with Gasteiger partial charge in [-0.15, -0.1) is 11.3 Å². The molecule has 4 rings (SSSR count). The Morgan fingerprint density at radius 3 is 2.16 bits per heavy atom. The van der Waals surface area contributed by atoms with Crippen molar-refractivity contribution in [1.82, 2.24) is 9.88 Å². The molecule has 1 atom stereocenters. The number of aromatic nitrogens is 1. The average molecular weight is 438 g/mol. The molecule has 1 aliphatic rings. The third-order valence-electron chi connectivity index (χ3n) is 5.60. The molecule has 3 aromatic rings. The van der Waals surface area contributed by atoms with Gasteiger partial charge in [0.05, 0.1) is 19.9 Å². The lowest BCUT2D eigenvalue weighted by Gasteiger charge is -2.31. The van der Waals surface area contributed by atoms with Crippen LogP contribution >= 0.6 is 11.3 Å². The molecule has 7 heteroatoms. The van der Waals surface area contributed by atoms with Crippen LogP contribution in [0.5, 0.6) is 11.5 Å². The Morgan fingerprint density at radius 1 is 1.00 bits per heavy atom. The van der Waals surface area contributed by atoms with Gasteiger partial charge < -0.3 is 19.3 Å². The van der Waals surface area contributed by atoms with E-state index in [-0.39, 0.29) is 11.9 Å². The lowest BCUT2D eigenvalue weighted by atomic mass is 10.2. The van der Waals surface area contributed by atoms with Crippen LogP contribution in [0.3, 0.4) is 0 Å². The number of hydrogen-bond acceptors (Lipinski definition) is 6. The number of methoxy groups -OCH3 is 2. The maximum Gasteiger partial charge on any atom is 0.245 e. The van der Waals surface area contributed by atoms with Crippen molar-refractivity contribution in [3.8, 4) is 22.8 Å². The number of carbonyl (C=O) groups is 1. The van der Waals surface area contributed by atoms with Crippen molar-refractivity contribution >= 4 is 28.1 Å². The minimum absolute atomic E-state index is 0.134. The normalized spacial score (nSPS) is 14.4. The van der Waals surface area contributed by atoms with Crippen molar-refractivity contribution in [2.24, 2.45) is 0 Å². The highest BCUT2D eigenvalue weighted by Gasteiger charge is 2.30. The summed E-state index contributed by atoms with van der Waals surface area (Å²) in [7, 11) is 3.30. The van der Waals surface area contributed by atoms with Gasteiger partial charge in [-0.1, -0.05) is 0 Å². The molecule has 0 unspecified atom stereocenters. The zero-order valence-corrected chi connectivity index (χ0v) is 18.9. The number of carbonyl (C=O) groups excluding carboxylic acids is 1. The highest BCUT2D eigenvalue weighted by molar-refractivity contribution is 7.14. The van der Waals surface area contributed by atoms with Crippen LogP contribution in [0.1, 0.15) is 19.8 Å². The number of thiazole rings is 1. The lowest BCUT2D eigenvalue weighted by Crippen LogP contribution is -2.44. The van der Waals surface area contributed by atoms with Crippen molar-refractivity contribution in [1.29, 1.82) is 0 Å². The molecule has 1 saturated heterocycles. The second-order valence-electron chi connectivity index (χ2n) is 7.52. The first kappa shape index (κ1) is 21.2. The van der Waals surface area contributed by atoms with E-state index in [0.717, 1.165) is 59.5 Å². The molecule has 1 aliphatic heterocycles. The molecule has 0 aliphatic carbocycles. The standard InChI is InChI=1S/C24H27N3O3S/c1-17(23(28)26-14-4-5-15-26)27(19-8-12-21(30-3)13-9-19)24-25-22(16-31-24)18-6-10-20(29-2)11-7-18/h6-13,16-17H,4-5,14-15H2,1-3H3/t17-/m1/s1. The Hall–Kier alpha value is -3.06. The predicted octanol–water partition coefficient (Wildman–Crippen LogP) is 4.98. The molecule has 1 aromatic heterocycles. The van der Waals surface area contributed by atoms with Crippen molar-refractivity contribution in [3.63, 3.8) is 0 Å². The van der Waals surface area contributed by atoms with Gasteiger partial charge in [0.2, 0.25) is 5.91 Å². The third kappa shape index (κ3) is 4.51. The van der Waals surface area contributed by atoms with Crippen molar-refractivity contribution < 1.29 is 14.3 Å². The van der Waals surface area contributed by atoms with Crippen LogP contribution in [0, 0.1) is 0 Å². The van der Waals surface area contributed by atoms with Gasteiger partial charge in [0, 0.05) is 29.7 Å². The molecule has 0 N–H and O–H groups in total. The monoisotopic (exact) mass is 437 g/mol. The van der Waals surface area contributed by atoms with E-state index in [4.69, 9.17) is 14.5 Å². The Kier molecular flexibility index (Phi) is 6.42. The number of amides is 1. The minimum atomic E-state index is -0.360. The fraction of sp³-hybridized carbons (Fsp3) is 0.333. The maximum absolute atomic E-state index is 13.2. The van der Waals surface area contributed by atoms with E-state index in [0.29, 0.717) is 0 Å². The van der Waals surface area contributed by atoms with Crippen LogP contribution in [0.4, 0.5) is 10.8 Å². The van der Waals surface area contributed by atoms with E-state index >= 15 is 0 Å². The summed E-state index contributed by atoms with van der Waals surface area (Å²) in [5, 5.41) is 2.82. The van der Waals surface area contributed by atoms with Crippen LogP contribution in [0.2, 0.25) is 0 Å². The number of nitrogens with zero attached hydrogens (tertiary/aromatic N) is 3. The van der Waals surface area contributed by atoms with E-state index in [1.54, 1.807) is 14.2 Å². The van der Waals surface area contributed by atoms with Crippen LogP contribution < -0.4 is 14.4 Å². The van der Waals surface area contributed by atoms with Gasteiger partial charge in [0.1, 0.15) is 17.5 Å². The number of ether oxygens (including phenoxy) is 2. The van der Waals surface area contributed by atoms with E-state index < -0.39 is 0 Å². The van der Waals surface area contributed by atoms with Gasteiger partial charge in [-0.3, -0.25) is 4.79 Å². The average Bonchev–Trinajstić information content (AvgIpc) is 3.52. The van der Waals surface area contributed by atoms with Gasteiger partial charge in [0.25, 0.3) is 0 Å². The summed E-state index contributed by atoms with van der Waals surface area (Å²) in [5.74, 6) is 1.72. The number of likely N-dealkylation sites (tertiary alicyclic amines) is 1. The Bertz CT molecular complexity index is 1010. The van der Waals surface area contributed by atoms with Crippen LogP contribution in [-0.4, -0.2) is 49.1 Å². The summed E-state index contributed by atoms with van der Waals surface area (Å²) in [6.07, 6.45) is 2.14. The molecule has 1 amide bonds. The Balaban J connectivity index is 1.67. The molecule has 0 radical (unpaired) electrons. The van der Waals surface area contributed by atoms with E-state index in [2.05, 4.69) is 0 Å². The SMILES string of the molecule is COc1ccc(-c2csc(N(c3ccc(OC)cc3)[C@H](C)C(=O)N3CCCC3)n2)cc1. The van der Waals surface area contributed by atoms with E-state index in [9.17, 15) is 4.79 Å². The first-order chi connectivity index (χ1) is 15.1. The number of hydrogen-bond donors (Lipinski definition) is 0. The van der Waals surface area contributed by atoms with Gasteiger partial charge in [-0.25, -0.2) is 4.98 Å². The van der Waals surface area contributed by atoms with Gasteiger partial charge >= 0.3 is 0 Å². The van der Waals surface area contributed by atoms with Crippen molar-refractivity contribution in [2.75, 3.05) is 32.2 Å². The molecular formula is C24H27N3O3S. The molecule has 31 heavy (non-hydrogen) atoms. The van der Waals surface area contributed by atoms with Gasteiger partial charge in [-0.2, -0.15) is 0 Å². The fourth-order valence-corrected chi connectivity index (χ4v) is 4.76. The topological polar surface area (TPSA) is 54.9 Å². The van der Waals surface area contributed by atoms with E-state index in [1.165, 1.54) is 11.3 Å².